The molecule has 0 aliphatic carbocycles. The number of thiazole rings is 1. The number of methoxy groups -OCH3 is 1. The predicted molar refractivity (Wildman–Crippen MR) is 130 cm³/mol. The number of amides is 1. The minimum atomic E-state index is -0.860. The van der Waals surface area contributed by atoms with Crippen molar-refractivity contribution in [2.45, 2.75) is 6.04 Å². The predicted octanol–water partition coefficient (Wildman–Crippen LogP) is 5.07. The Kier molecular flexibility index (Phi) is 4.64. The van der Waals surface area contributed by atoms with E-state index in [0.717, 1.165) is 4.70 Å². The average Bonchev–Trinajstić information content (AvgIpc) is 3.42. The Hall–Kier alpha value is -4.57. The first kappa shape index (κ1) is 21.0. The number of carbonyl (C=O) groups excluding carboxylic acids is 1. The first-order valence-electron chi connectivity index (χ1n) is 10.5. The van der Waals surface area contributed by atoms with Crippen molar-refractivity contribution in [1.29, 1.82) is 0 Å². The average molecular weight is 485 g/mol. The highest BCUT2D eigenvalue weighted by Crippen LogP contribution is 2.44. The van der Waals surface area contributed by atoms with Crippen molar-refractivity contribution in [2.75, 3.05) is 12.0 Å². The number of non-ortho nitro benzene ring substituents is 1. The Morgan fingerprint density at radius 1 is 1.09 bits per heavy atom. The fourth-order valence-corrected chi connectivity index (χ4v) is 5.35. The Balaban J connectivity index is 1.60. The summed E-state index contributed by atoms with van der Waals surface area (Å²) >= 11 is 1.28. The quantitative estimate of drug-likeness (QED) is 0.258. The van der Waals surface area contributed by atoms with Gasteiger partial charge in [-0.25, -0.2) is 4.98 Å². The number of benzene rings is 3. The highest BCUT2D eigenvalue weighted by atomic mass is 32.1. The molecular formula is C25H15N3O6S. The number of para-hydroxylation sites is 1. The summed E-state index contributed by atoms with van der Waals surface area (Å²) in [5.74, 6) is 0.0878. The second kappa shape index (κ2) is 7.74. The minimum Gasteiger partial charge on any atom is -0.497 e. The number of fused-ring (bicyclic) bond motifs is 3. The third-order valence-electron chi connectivity index (χ3n) is 5.99. The number of ether oxygens (including phenoxy) is 1. The van der Waals surface area contributed by atoms with E-state index in [0.29, 0.717) is 32.9 Å². The number of nitrogens with zero attached hydrogens (tertiary/aromatic N) is 3. The summed E-state index contributed by atoms with van der Waals surface area (Å²) in [6.45, 7) is 0. The molecule has 1 atom stereocenters. The molecule has 3 aromatic carbocycles. The SMILES string of the molecule is COc1ccc2nc(N3C(=O)c4oc5ccccc5c(=O)c4[C@H]3c3ccc([N+](=O)[O-])cc3)sc2c1. The zero-order chi connectivity index (χ0) is 24.3. The van der Waals surface area contributed by atoms with Crippen LogP contribution >= 0.6 is 11.3 Å². The van der Waals surface area contributed by atoms with E-state index in [4.69, 9.17) is 9.15 Å². The van der Waals surface area contributed by atoms with Crippen LogP contribution < -0.4 is 15.1 Å². The van der Waals surface area contributed by atoms with Gasteiger partial charge >= 0.3 is 0 Å². The number of aromatic nitrogens is 1. The van der Waals surface area contributed by atoms with Gasteiger partial charge < -0.3 is 9.15 Å². The zero-order valence-electron chi connectivity index (χ0n) is 18.1. The van der Waals surface area contributed by atoms with Crippen LogP contribution in [0.1, 0.15) is 27.7 Å². The molecule has 3 heterocycles. The third kappa shape index (κ3) is 3.18. The number of hydrogen-bond donors (Lipinski definition) is 0. The van der Waals surface area contributed by atoms with Crippen LogP contribution in [0.4, 0.5) is 10.8 Å². The Labute approximate surface area is 201 Å². The van der Waals surface area contributed by atoms with Gasteiger partial charge in [-0.15, -0.1) is 0 Å². The molecule has 9 nitrogen and oxygen atoms in total. The van der Waals surface area contributed by atoms with Gasteiger partial charge in [0.25, 0.3) is 11.6 Å². The maximum absolute atomic E-state index is 13.7. The molecule has 0 bridgehead atoms. The number of nitro benzene ring substituents is 1. The minimum absolute atomic E-state index is 0.0612. The summed E-state index contributed by atoms with van der Waals surface area (Å²) in [4.78, 5) is 44.0. The topological polar surface area (TPSA) is 116 Å². The fraction of sp³-hybridized carbons (Fsp3) is 0.0800. The smallest absolute Gasteiger partial charge is 0.297 e. The monoisotopic (exact) mass is 485 g/mol. The normalized spacial score (nSPS) is 15.1. The lowest BCUT2D eigenvalue weighted by molar-refractivity contribution is -0.384. The number of carbonyl (C=O) groups is 1. The molecule has 5 aromatic rings. The Morgan fingerprint density at radius 2 is 1.86 bits per heavy atom. The van der Waals surface area contributed by atoms with Gasteiger partial charge in [0.05, 0.1) is 39.2 Å². The van der Waals surface area contributed by atoms with E-state index in [1.807, 2.05) is 6.07 Å². The van der Waals surface area contributed by atoms with Crippen LogP contribution in [0.5, 0.6) is 5.75 Å². The van der Waals surface area contributed by atoms with E-state index in [1.165, 1.54) is 28.4 Å². The van der Waals surface area contributed by atoms with Crippen LogP contribution in [-0.2, 0) is 0 Å². The molecule has 0 fully saturated rings. The first-order valence-corrected chi connectivity index (χ1v) is 11.4. The summed E-state index contributed by atoms with van der Waals surface area (Å²) in [6, 6.07) is 17.0. The molecule has 172 valence electrons. The van der Waals surface area contributed by atoms with Crippen molar-refractivity contribution in [3.63, 3.8) is 0 Å². The van der Waals surface area contributed by atoms with E-state index in [2.05, 4.69) is 4.98 Å². The van der Waals surface area contributed by atoms with Crippen molar-refractivity contribution in [2.24, 2.45) is 0 Å². The molecule has 10 heteroatoms. The number of rotatable bonds is 4. The van der Waals surface area contributed by atoms with E-state index >= 15 is 0 Å². The molecular weight excluding hydrogens is 470 g/mol. The van der Waals surface area contributed by atoms with Crippen LogP contribution in [0.25, 0.3) is 21.2 Å². The molecule has 0 radical (unpaired) electrons. The molecule has 0 saturated heterocycles. The molecule has 6 rings (SSSR count). The summed E-state index contributed by atoms with van der Waals surface area (Å²) in [7, 11) is 1.57. The molecule has 35 heavy (non-hydrogen) atoms. The van der Waals surface area contributed by atoms with E-state index in [-0.39, 0.29) is 22.4 Å². The molecule has 0 N–H and O–H groups in total. The van der Waals surface area contributed by atoms with E-state index in [1.54, 1.807) is 55.6 Å². The zero-order valence-corrected chi connectivity index (χ0v) is 18.9. The molecule has 1 aliphatic heterocycles. The van der Waals surface area contributed by atoms with Gasteiger partial charge in [0, 0.05) is 12.1 Å². The summed E-state index contributed by atoms with van der Waals surface area (Å²) in [5.41, 5.74) is 1.26. The molecule has 1 amide bonds. The highest BCUT2D eigenvalue weighted by Gasteiger charge is 2.45. The lowest BCUT2D eigenvalue weighted by Crippen LogP contribution is -2.29. The van der Waals surface area contributed by atoms with Crippen LogP contribution in [0, 0.1) is 10.1 Å². The lowest BCUT2D eigenvalue weighted by Gasteiger charge is -2.22. The maximum atomic E-state index is 13.7. The van der Waals surface area contributed by atoms with Gasteiger partial charge in [0.1, 0.15) is 11.3 Å². The van der Waals surface area contributed by atoms with Gasteiger partial charge in [-0.1, -0.05) is 23.5 Å². The summed E-state index contributed by atoms with van der Waals surface area (Å²) in [5, 5.41) is 11.9. The second-order valence-corrected chi connectivity index (χ2v) is 8.94. The first-order chi connectivity index (χ1) is 17.0. The summed E-state index contributed by atoms with van der Waals surface area (Å²) in [6.07, 6.45) is 0. The highest BCUT2D eigenvalue weighted by molar-refractivity contribution is 7.22. The van der Waals surface area contributed by atoms with Crippen LogP contribution in [-0.4, -0.2) is 22.9 Å². The lowest BCUT2D eigenvalue weighted by atomic mass is 9.98. The number of anilines is 1. The van der Waals surface area contributed by atoms with Crippen molar-refractivity contribution >= 4 is 49.2 Å². The Morgan fingerprint density at radius 3 is 2.60 bits per heavy atom. The number of nitro groups is 1. The van der Waals surface area contributed by atoms with Crippen molar-refractivity contribution < 1.29 is 18.9 Å². The largest absolute Gasteiger partial charge is 0.497 e. The van der Waals surface area contributed by atoms with Crippen LogP contribution in [0.2, 0.25) is 0 Å². The second-order valence-electron chi connectivity index (χ2n) is 7.93. The fourth-order valence-electron chi connectivity index (χ4n) is 4.33. The molecule has 0 unspecified atom stereocenters. The van der Waals surface area contributed by atoms with Crippen molar-refractivity contribution in [3.8, 4) is 5.75 Å². The van der Waals surface area contributed by atoms with Gasteiger partial charge in [-0.2, -0.15) is 0 Å². The molecule has 1 aliphatic rings. The van der Waals surface area contributed by atoms with E-state index in [9.17, 15) is 19.7 Å². The van der Waals surface area contributed by atoms with E-state index < -0.39 is 16.9 Å². The van der Waals surface area contributed by atoms with Gasteiger partial charge in [-0.3, -0.25) is 24.6 Å². The van der Waals surface area contributed by atoms with Gasteiger partial charge in [-0.05, 0) is 48.0 Å². The van der Waals surface area contributed by atoms with Crippen molar-refractivity contribution in [1.82, 2.24) is 4.98 Å². The van der Waals surface area contributed by atoms with Gasteiger partial charge in [0.2, 0.25) is 5.76 Å². The summed E-state index contributed by atoms with van der Waals surface area (Å²) < 4.78 is 12.0. The molecule has 0 spiro atoms. The standard InChI is InChI=1S/C25H15N3O6S/c1-33-15-10-11-17-19(12-15)35-25(26-17)27-21(13-6-8-14(9-7-13)28(31)32)20-22(29)16-4-2-3-5-18(16)34-23(20)24(27)30/h2-12,21H,1H3/t21-/m1/s1. The Bertz CT molecular complexity index is 1720. The third-order valence-corrected chi connectivity index (χ3v) is 7.01. The van der Waals surface area contributed by atoms with Crippen LogP contribution in [0.15, 0.2) is 75.9 Å². The molecule has 2 aromatic heterocycles. The van der Waals surface area contributed by atoms with Crippen molar-refractivity contribution in [3.05, 3.63) is 104 Å². The number of hydrogen-bond acceptors (Lipinski definition) is 8. The molecule has 0 saturated carbocycles. The van der Waals surface area contributed by atoms with Gasteiger partial charge in [0.15, 0.2) is 10.6 Å². The van der Waals surface area contributed by atoms with Crippen LogP contribution in [0.3, 0.4) is 0 Å². The maximum Gasteiger partial charge on any atom is 0.297 e.